The number of aryl methyl sites for hydroxylation is 1. The van der Waals surface area contributed by atoms with Crippen molar-refractivity contribution < 1.29 is 9.53 Å². The molecule has 0 aliphatic heterocycles. The van der Waals surface area contributed by atoms with Crippen molar-refractivity contribution in [3.05, 3.63) is 41.6 Å². The highest BCUT2D eigenvalue weighted by Crippen LogP contribution is 2.26. The molecule has 4 heteroatoms. The summed E-state index contributed by atoms with van der Waals surface area (Å²) in [6.45, 7) is 4.16. The molecular formula is C17H20N2O2. The maximum absolute atomic E-state index is 11.4. The second-order valence-corrected chi connectivity index (χ2v) is 5.04. The molecule has 0 saturated heterocycles. The van der Waals surface area contributed by atoms with E-state index in [1.807, 2.05) is 39.2 Å². The van der Waals surface area contributed by atoms with Gasteiger partial charge in [0.2, 0.25) is 0 Å². The van der Waals surface area contributed by atoms with E-state index in [0.29, 0.717) is 6.61 Å². The molecule has 21 heavy (non-hydrogen) atoms. The van der Waals surface area contributed by atoms with Gasteiger partial charge in [-0.05, 0) is 43.7 Å². The van der Waals surface area contributed by atoms with Crippen LogP contribution in [0.4, 0.5) is 5.69 Å². The van der Waals surface area contributed by atoms with Crippen LogP contribution in [0.1, 0.15) is 18.2 Å². The number of ether oxygens (including phenoxy) is 1. The molecule has 1 heterocycles. The second kappa shape index (κ2) is 6.39. The number of esters is 1. The van der Waals surface area contributed by atoms with Gasteiger partial charge in [-0.3, -0.25) is 4.98 Å². The van der Waals surface area contributed by atoms with Crippen molar-refractivity contribution >= 4 is 28.6 Å². The monoisotopic (exact) mass is 284 g/mol. The quantitative estimate of drug-likeness (QED) is 0.639. The van der Waals surface area contributed by atoms with Crippen LogP contribution in [0.2, 0.25) is 0 Å². The van der Waals surface area contributed by atoms with Crippen LogP contribution in [0.3, 0.4) is 0 Å². The fourth-order valence-electron chi connectivity index (χ4n) is 2.18. The Hall–Kier alpha value is -2.36. The van der Waals surface area contributed by atoms with E-state index in [1.54, 1.807) is 13.0 Å². The zero-order chi connectivity index (χ0) is 15.4. The summed E-state index contributed by atoms with van der Waals surface area (Å²) in [4.78, 5) is 18.0. The van der Waals surface area contributed by atoms with Gasteiger partial charge in [0, 0.05) is 36.9 Å². The molecule has 0 fully saturated rings. The van der Waals surface area contributed by atoms with Gasteiger partial charge in [0.15, 0.2) is 0 Å². The van der Waals surface area contributed by atoms with Crippen LogP contribution in [0.25, 0.3) is 17.0 Å². The van der Waals surface area contributed by atoms with E-state index in [4.69, 9.17) is 4.74 Å². The Morgan fingerprint density at radius 1 is 1.33 bits per heavy atom. The van der Waals surface area contributed by atoms with E-state index in [1.165, 1.54) is 6.08 Å². The molecule has 0 spiro atoms. The lowest BCUT2D eigenvalue weighted by Crippen LogP contribution is -2.10. The summed E-state index contributed by atoms with van der Waals surface area (Å²) in [5, 5.41) is 1.07. The van der Waals surface area contributed by atoms with Crippen LogP contribution in [0.5, 0.6) is 0 Å². The zero-order valence-electron chi connectivity index (χ0n) is 12.9. The van der Waals surface area contributed by atoms with Gasteiger partial charge in [0.05, 0.1) is 12.1 Å². The first-order valence-electron chi connectivity index (χ1n) is 6.95. The summed E-state index contributed by atoms with van der Waals surface area (Å²) in [7, 11) is 4.02. The molecule has 110 valence electrons. The third-order valence-corrected chi connectivity index (χ3v) is 3.12. The van der Waals surface area contributed by atoms with Gasteiger partial charge in [-0.25, -0.2) is 4.79 Å². The second-order valence-electron chi connectivity index (χ2n) is 5.04. The fourth-order valence-corrected chi connectivity index (χ4v) is 2.18. The number of carbonyl (C=O) groups excluding carboxylic acids is 1. The highest BCUT2D eigenvalue weighted by Gasteiger charge is 2.06. The molecule has 2 rings (SSSR count). The number of pyridine rings is 1. The number of carbonyl (C=O) groups is 1. The first-order chi connectivity index (χ1) is 10.0. The summed E-state index contributed by atoms with van der Waals surface area (Å²) in [6, 6.07) is 8.01. The lowest BCUT2D eigenvalue weighted by molar-refractivity contribution is -0.137. The van der Waals surface area contributed by atoms with Crippen molar-refractivity contribution in [2.45, 2.75) is 13.8 Å². The Bertz CT molecular complexity index is 690. The minimum Gasteiger partial charge on any atom is -0.463 e. The maximum atomic E-state index is 11.4. The van der Waals surface area contributed by atoms with Crippen LogP contribution in [-0.2, 0) is 9.53 Å². The van der Waals surface area contributed by atoms with Crippen molar-refractivity contribution in [1.82, 2.24) is 4.98 Å². The standard InChI is InChI=1S/C17H20N2O2/c1-5-21-17(20)9-7-13-6-8-15-14(11-13)16(19(3)4)10-12(2)18-15/h6-11H,5H2,1-4H3/b9-7+. The molecule has 2 aromatic rings. The number of hydrogen-bond acceptors (Lipinski definition) is 4. The van der Waals surface area contributed by atoms with E-state index in [2.05, 4.69) is 16.0 Å². The van der Waals surface area contributed by atoms with Crippen molar-refractivity contribution in [1.29, 1.82) is 0 Å². The van der Waals surface area contributed by atoms with Gasteiger partial charge < -0.3 is 9.64 Å². The molecule has 0 aliphatic carbocycles. The lowest BCUT2D eigenvalue weighted by atomic mass is 10.1. The Labute approximate surface area is 125 Å². The smallest absolute Gasteiger partial charge is 0.330 e. The normalized spacial score (nSPS) is 11.0. The third-order valence-electron chi connectivity index (χ3n) is 3.12. The van der Waals surface area contributed by atoms with Crippen molar-refractivity contribution in [3.63, 3.8) is 0 Å². The molecule has 0 bridgehead atoms. The Morgan fingerprint density at radius 3 is 2.76 bits per heavy atom. The number of hydrogen-bond donors (Lipinski definition) is 0. The Balaban J connectivity index is 2.43. The van der Waals surface area contributed by atoms with Crippen LogP contribution in [0.15, 0.2) is 30.3 Å². The summed E-state index contributed by atoms with van der Waals surface area (Å²) in [5.74, 6) is -0.326. The number of rotatable bonds is 4. The SMILES string of the molecule is CCOC(=O)/C=C/c1ccc2nc(C)cc(N(C)C)c2c1. The number of benzene rings is 1. The Kier molecular flexibility index (Phi) is 4.58. The van der Waals surface area contributed by atoms with Gasteiger partial charge in [0.1, 0.15) is 0 Å². The predicted molar refractivity (Wildman–Crippen MR) is 86.5 cm³/mol. The van der Waals surface area contributed by atoms with Crippen LogP contribution in [0, 0.1) is 6.92 Å². The molecular weight excluding hydrogens is 264 g/mol. The molecule has 4 nitrogen and oxygen atoms in total. The minimum absolute atomic E-state index is 0.326. The van der Waals surface area contributed by atoms with E-state index >= 15 is 0 Å². The molecule has 0 N–H and O–H groups in total. The van der Waals surface area contributed by atoms with Crippen molar-refractivity contribution in [3.8, 4) is 0 Å². The van der Waals surface area contributed by atoms with Gasteiger partial charge in [-0.15, -0.1) is 0 Å². The number of aromatic nitrogens is 1. The number of anilines is 1. The average Bonchev–Trinajstić information content (AvgIpc) is 2.44. The lowest BCUT2D eigenvalue weighted by Gasteiger charge is -2.16. The van der Waals surface area contributed by atoms with Gasteiger partial charge in [-0.2, -0.15) is 0 Å². The molecule has 0 saturated carbocycles. The summed E-state index contributed by atoms with van der Waals surface area (Å²) >= 11 is 0. The van der Waals surface area contributed by atoms with Gasteiger partial charge in [-0.1, -0.05) is 6.07 Å². The van der Waals surface area contributed by atoms with E-state index < -0.39 is 0 Å². The van der Waals surface area contributed by atoms with Crippen molar-refractivity contribution in [2.75, 3.05) is 25.6 Å². The molecule has 0 amide bonds. The molecule has 0 radical (unpaired) electrons. The summed E-state index contributed by atoms with van der Waals surface area (Å²) in [6.07, 6.45) is 3.21. The summed E-state index contributed by atoms with van der Waals surface area (Å²) in [5.41, 5.74) is 4.00. The van der Waals surface area contributed by atoms with Crippen molar-refractivity contribution in [2.24, 2.45) is 0 Å². The van der Waals surface area contributed by atoms with E-state index in [9.17, 15) is 4.79 Å². The molecule has 0 unspecified atom stereocenters. The number of nitrogens with zero attached hydrogens (tertiary/aromatic N) is 2. The van der Waals surface area contributed by atoms with Crippen LogP contribution >= 0.6 is 0 Å². The van der Waals surface area contributed by atoms with E-state index in [0.717, 1.165) is 27.8 Å². The average molecular weight is 284 g/mol. The van der Waals surface area contributed by atoms with Crippen LogP contribution < -0.4 is 4.90 Å². The maximum Gasteiger partial charge on any atom is 0.330 e. The topological polar surface area (TPSA) is 42.4 Å². The summed E-state index contributed by atoms with van der Waals surface area (Å²) < 4.78 is 4.88. The fraction of sp³-hybridized carbons (Fsp3) is 0.294. The highest BCUT2D eigenvalue weighted by molar-refractivity contribution is 5.94. The molecule has 0 atom stereocenters. The molecule has 1 aromatic heterocycles. The van der Waals surface area contributed by atoms with Gasteiger partial charge in [0.25, 0.3) is 0 Å². The first-order valence-corrected chi connectivity index (χ1v) is 6.95. The molecule has 0 aliphatic rings. The highest BCUT2D eigenvalue weighted by atomic mass is 16.5. The predicted octanol–water partition coefficient (Wildman–Crippen LogP) is 3.19. The van der Waals surface area contributed by atoms with Crippen LogP contribution in [-0.4, -0.2) is 31.7 Å². The van der Waals surface area contributed by atoms with E-state index in [-0.39, 0.29) is 5.97 Å². The zero-order valence-corrected chi connectivity index (χ0v) is 12.9. The Morgan fingerprint density at radius 2 is 2.10 bits per heavy atom. The number of fused-ring (bicyclic) bond motifs is 1. The minimum atomic E-state index is -0.326. The molecule has 1 aromatic carbocycles. The largest absolute Gasteiger partial charge is 0.463 e. The third kappa shape index (κ3) is 3.60. The van der Waals surface area contributed by atoms with Gasteiger partial charge >= 0.3 is 5.97 Å². The first kappa shape index (κ1) is 15.0.